The molecule has 8 heteroatoms. The predicted octanol–water partition coefficient (Wildman–Crippen LogP) is 3.93. The Hall–Kier alpha value is -3.10. The molecule has 8 nitrogen and oxygen atoms in total. The Kier molecular flexibility index (Phi) is 8.25. The molecule has 2 saturated heterocycles. The van der Waals surface area contributed by atoms with Crippen LogP contribution in [0.5, 0.6) is 5.75 Å². The molecular weight excluding hydrogens is 444 g/mol. The highest BCUT2D eigenvalue weighted by molar-refractivity contribution is 6.03. The first-order valence-electron chi connectivity index (χ1n) is 12.4. The minimum Gasteiger partial charge on any atom is -0.494 e. The van der Waals surface area contributed by atoms with Gasteiger partial charge in [-0.05, 0) is 75.8 Å². The van der Waals surface area contributed by atoms with Gasteiger partial charge in [-0.3, -0.25) is 4.79 Å². The number of nitrogens with one attached hydrogen (secondary N) is 3. The third kappa shape index (κ3) is 7.19. The Bertz CT molecular complexity index is 1030. The zero-order chi connectivity index (χ0) is 24.7. The fraction of sp³-hybridized carbons (Fsp3) is 0.481. The summed E-state index contributed by atoms with van der Waals surface area (Å²) in [6.45, 7) is 7.31. The number of hydrogen-bond acceptors (Lipinski definition) is 5. The molecule has 2 aliphatic heterocycles. The summed E-state index contributed by atoms with van der Waals surface area (Å²) in [4.78, 5) is 16.7. The number of rotatable bonds is 9. The molecule has 0 saturated carbocycles. The molecule has 0 atom stereocenters. The van der Waals surface area contributed by atoms with Gasteiger partial charge in [-0.15, -0.1) is 0 Å². The van der Waals surface area contributed by atoms with E-state index in [0.29, 0.717) is 23.7 Å². The summed E-state index contributed by atoms with van der Waals surface area (Å²) in [5.74, 6) is 1.65. The second-order valence-corrected chi connectivity index (χ2v) is 9.64. The van der Waals surface area contributed by atoms with E-state index in [1.54, 1.807) is 32.0 Å². The highest BCUT2D eigenvalue weighted by Crippen LogP contribution is 2.32. The van der Waals surface area contributed by atoms with Gasteiger partial charge in [0.1, 0.15) is 5.75 Å². The van der Waals surface area contributed by atoms with Crippen LogP contribution in [0, 0.1) is 5.92 Å². The van der Waals surface area contributed by atoms with Crippen molar-refractivity contribution in [3.63, 3.8) is 0 Å². The normalized spacial score (nSPS) is 16.4. The fourth-order valence-electron chi connectivity index (χ4n) is 4.38. The number of amides is 1. The zero-order valence-electron chi connectivity index (χ0n) is 20.6. The maximum Gasteiger partial charge on any atom is 0.280 e. The van der Waals surface area contributed by atoms with Gasteiger partial charge in [0.05, 0.1) is 12.2 Å². The van der Waals surface area contributed by atoms with E-state index in [2.05, 4.69) is 20.9 Å². The summed E-state index contributed by atoms with van der Waals surface area (Å²) in [6.07, 6.45) is 4.48. The van der Waals surface area contributed by atoms with Crippen molar-refractivity contribution in [1.82, 2.24) is 10.6 Å². The number of benzene rings is 2. The fourth-order valence-corrected chi connectivity index (χ4v) is 4.38. The van der Waals surface area contributed by atoms with Crippen molar-refractivity contribution >= 4 is 23.2 Å². The second kappa shape index (κ2) is 11.6. The van der Waals surface area contributed by atoms with E-state index < -0.39 is 5.60 Å². The van der Waals surface area contributed by atoms with Gasteiger partial charge in [0, 0.05) is 54.9 Å². The van der Waals surface area contributed by atoms with Gasteiger partial charge < -0.3 is 30.5 Å². The molecule has 0 spiro atoms. The van der Waals surface area contributed by atoms with E-state index in [1.807, 2.05) is 24.3 Å². The van der Waals surface area contributed by atoms with E-state index in [9.17, 15) is 9.90 Å². The number of carbonyl (C=O) groups excluding carboxylic acids is 1. The van der Waals surface area contributed by atoms with Gasteiger partial charge in [0.15, 0.2) is 5.96 Å². The molecule has 35 heavy (non-hydrogen) atoms. The van der Waals surface area contributed by atoms with Crippen LogP contribution >= 0.6 is 0 Å². The Morgan fingerprint density at radius 1 is 1.17 bits per heavy atom. The summed E-state index contributed by atoms with van der Waals surface area (Å²) >= 11 is 0. The molecule has 0 aliphatic carbocycles. The lowest BCUT2D eigenvalue weighted by atomic mass is 9.94. The third-order valence-corrected chi connectivity index (χ3v) is 6.33. The summed E-state index contributed by atoms with van der Waals surface area (Å²) in [7, 11) is 0. The monoisotopic (exact) mass is 480 g/mol. The van der Waals surface area contributed by atoms with Crippen molar-refractivity contribution in [2.75, 3.05) is 38.2 Å². The minimum absolute atomic E-state index is 0.366. The number of guanidine groups is 1. The van der Waals surface area contributed by atoms with Crippen LogP contribution in [0.1, 0.15) is 55.5 Å². The van der Waals surface area contributed by atoms with Crippen LogP contribution < -0.4 is 20.7 Å². The first kappa shape index (κ1) is 25.0. The second-order valence-electron chi connectivity index (χ2n) is 9.64. The number of carbonyl (C=O) groups is 1. The topological polar surface area (TPSA) is 104 Å². The van der Waals surface area contributed by atoms with Crippen molar-refractivity contribution in [3.05, 3.63) is 53.6 Å². The molecular formula is C27H36N4O4. The first-order valence-corrected chi connectivity index (χ1v) is 12.4. The van der Waals surface area contributed by atoms with Crippen molar-refractivity contribution in [1.29, 1.82) is 0 Å². The Balaban J connectivity index is 1.41. The van der Waals surface area contributed by atoms with Crippen LogP contribution in [-0.4, -0.2) is 49.9 Å². The number of hydrogen-bond donors (Lipinski definition) is 4. The van der Waals surface area contributed by atoms with Gasteiger partial charge in [-0.1, -0.05) is 6.07 Å². The first-order chi connectivity index (χ1) is 16.9. The molecule has 0 aromatic heterocycles. The van der Waals surface area contributed by atoms with E-state index in [0.717, 1.165) is 68.6 Å². The van der Waals surface area contributed by atoms with E-state index in [1.165, 1.54) is 6.42 Å². The van der Waals surface area contributed by atoms with E-state index >= 15 is 0 Å². The average Bonchev–Trinajstić information content (AvgIpc) is 3.35. The molecule has 4 rings (SSSR count). The molecule has 2 aliphatic rings. The number of ether oxygens (including phenoxy) is 2. The molecule has 188 valence electrons. The number of aliphatic imine (C=N–C) groups is 1. The molecule has 0 bridgehead atoms. The maximum atomic E-state index is 12.6. The van der Waals surface area contributed by atoms with Crippen molar-refractivity contribution in [3.8, 4) is 5.75 Å². The standard InChI is InChI=1S/C27H36N4O4/c1-27(2,33)23-17-20(25(32)31-26-28-12-13-29-26)8-9-24(23)30-21-6-3-7-22(18-21)35-14-4-5-19-10-15-34-16-11-19/h3,6-9,17-19,30,33H,4-5,10-16H2,1-2H3,(H2,28,29,31,32). The van der Waals surface area contributed by atoms with Gasteiger partial charge >= 0.3 is 0 Å². The van der Waals surface area contributed by atoms with Gasteiger partial charge in [-0.2, -0.15) is 4.99 Å². The van der Waals surface area contributed by atoms with Crippen molar-refractivity contribution in [2.45, 2.75) is 45.1 Å². The molecule has 4 N–H and O–H groups in total. The van der Waals surface area contributed by atoms with Crippen LogP contribution in [-0.2, 0) is 10.3 Å². The SMILES string of the molecule is CC(C)(O)c1cc(C(=O)N=C2NCCN2)ccc1Nc1cccc(OCCCC2CCOCC2)c1. The highest BCUT2D eigenvalue weighted by Gasteiger charge is 2.23. The lowest BCUT2D eigenvalue weighted by Crippen LogP contribution is -2.25. The molecule has 2 heterocycles. The van der Waals surface area contributed by atoms with Gasteiger partial charge in [0.2, 0.25) is 0 Å². The van der Waals surface area contributed by atoms with Crippen molar-refractivity contribution in [2.24, 2.45) is 10.9 Å². The summed E-state index contributed by atoms with van der Waals surface area (Å²) in [6, 6.07) is 13.0. The van der Waals surface area contributed by atoms with Gasteiger partial charge in [0.25, 0.3) is 5.91 Å². The molecule has 2 fully saturated rings. The van der Waals surface area contributed by atoms with Crippen molar-refractivity contribution < 1.29 is 19.4 Å². The lowest BCUT2D eigenvalue weighted by Gasteiger charge is -2.23. The van der Waals surface area contributed by atoms with E-state index in [-0.39, 0.29) is 5.91 Å². The minimum atomic E-state index is -1.16. The number of aliphatic hydroxyl groups is 1. The third-order valence-electron chi connectivity index (χ3n) is 6.33. The summed E-state index contributed by atoms with van der Waals surface area (Å²) in [5, 5.41) is 20.2. The Morgan fingerprint density at radius 2 is 1.94 bits per heavy atom. The number of nitrogens with zero attached hydrogens (tertiary/aromatic N) is 1. The van der Waals surface area contributed by atoms with Crippen LogP contribution in [0.4, 0.5) is 11.4 Å². The maximum absolute atomic E-state index is 12.6. The van der Waals surface area contributed by atoms with Crippen LogP contribution in [0.2, 0.25) is 0 Å². The molecule has 2 aromatic rings. The Morgan fingerprint density at radius 3 is 2.69 bits per heavy atom. The summed E-state index contributed by atoms with van der Waals surface area (Å²) < 4.78 is 11.4. The van der Waals surface area contributed by atoms with Crippen LogP contribution in [0.3, 0.4) is 0 Å². The van der Waals surface area contributed by atoms with E-state index in [4.69, 9.17) is 9.47 Å². The van der Waals surface area contributed by atoms with Gasteiger partial charge in [-0.25, -0.2) is 0 Å². The Labute approximate surface area is 207 Å². The average molecular weight is 481 g/mol. The smallest absolute Gasteiger partial charge is 0.280 e. The predicted molar refractivity (Wildman–Crippen MR) is 137 cm³/mol. The molecule has 0 unspecified atom stereocenters. The molecule has 0 radical (unpaired) electrons. The lowest BCUT2D eigenvalue weighted by molar-refractivity contribution is 0.0620. The van der Waals surface area contributed by atoms with Crippen LogP contribution in [0.25, 0.3) is 0 Å². The highest BCUT2D eigenvalue weighted by atomic mass is 16.5. The largest absolute Gasteiger partial charge is 0.494 e. The summed E-state index contributed by atoms with van der Waals surface area (Å²) in [5.41, 5.74) is 1.43. The molecule has 2 aromatic carbocycles. The van der Waals surface area contributed by atoms with Crippen LogP contribution in [0.15, 0.2) is 47.5 Å². The quantitative estimate of drug-likeness (QED) is 0.403. The number of anilines is 2. The molecule has 1 amide bonds. The zero-order valence-corrected chi connectivity index (χ0v) is 20.6.